The molecule has 47 heavy (non-hydrogen) atoms. The van der Waals surface area contributed by atoms with Gasteiger partial charge in [0.2, 0.25) is 0 Å². The van der Waals surface area contributed by atoms with Crippen LogP contribution in [0.1, 0.15) is 49.4 Å². The zero-order valence-electron chi connectivity index (χ0n) is 25.9. The van der Waals surface area contributed by atoms with E-state index in [1.54, 1.807) is 57.6 Å². The molecule has 3 aromatic carbocycles. The van der Waals surface area contributed by atoms with Gasteiger partial charge in [0.05, 0.1) is 45.6 Å². The third kappa shape index (κ3) is 7.49. The molecule has 0 bridgehead atoms. The average molecular weight is 825 g/mol. The number of carbonyl (C=O) groups excluding carboxylic acids is 1. The molecule has 0 saturated carbocycles. The van der Waals surface area contributed by atoms with Gasteiger partial charge in [0.25, 0.3) is 5.56 Å². The number of esters is 1. The topological polar surface area (TPSA) is 88.4 Å². The standard InChI is InChI=1S/C34H30Br2Cl2N2O6S/c1-5-7-26-29(33(42)45-6-2)30(22-16-21(43-3)10-11-27(22)44-4)40-32(41)28(47-34(40)39-26)14-18-12-23(35)31(24(36)13-18)46-17-19-8-9-20(37)15-25(19)38/h8-16,30H,5-7,17H2,1-4H3/b28-14-/t30-/m1/s1. The number of fused-ring (bicyclic) bond motifs is 1. The zero-order valence-corrected chi connectivity index (χ0v) is 31.4. The first-order valence-corrected chi connectivity index (χ1v) is 17.8. The Morgan fingerprint density at radius 3 is 2.43 bits per heavy atom. The maximum absolute atomic E-state index is 14.3. The molecule has 2 heterocycles. The van der Waals surface area contributed by atoms with Gasteiger partial charge in [-0.05, 0) is 99.3 Å². The van der Waals surface area contributed by atoms with Crippen LogP contribution in [0.2, 0.25) is 10.0 Å². The normalized spacial score (nSPS) is 14.5. The van der Waals surface area contributed by atoms with Gasteiger partial charge in [-0.15, -0.1) is 0 Å². The lowest BCUT2D eigenvalue weighted by Crippen LogP contribution is -2.40. The Kier molecular flexibility index (Phi) is 11.6. The predicted molar refractivity (Wildman–Crippen MR) is 192 cm³/mol. The van der Waals surface area contributed by atoms with E-state index in [4.69, 9.17) is 47.1 Å². The van der Waals surface area contributed by atoms with E-state index < -0.39 is 12.0 Å². The van der Waals surface area contributed by atoms with Crippen molar-refractivity contribution in [3.63, 3.8) is 0 Å². The monoisotopic (exact) mass is 822 g/mol. The Morgan fingerprint density at radius 1 is 1.04 bits per heavy atom. The van der Waals surface area contributed by atoms with E-state index in [1.165, 1.54) is 15.9 Å². The van der Waals surface area contributed by atoms with Gasteiger partial charge < -0.3 is 18.9 Å². The van der Waals surface area contributed by atoms with Gasteiger partial charge in [0.15, 0.2) is 4.80 Å². The minimum absolute atomic E-state index is 0.171. The summed E-state index contributed by atoms with van der Waals surface area (Å²) in [7, 11) is 3.10. The summed E-state index contributed by atoms with van der Waals surface area (Å²) in [4.78, 5) is 33.1. The summed E-state index contributed by atoms with van der Waals surface area (Å²) in [5.41, 5.74) is 2.66. The molecular weight excluding hydrogens is 795 g/mol. The van der Waals surface area contributed by atoms with Crippen molar-refractivity contribution in [3.05, 3.63) is 115 Å². The van der Waals surface area contributed by atoms with E-state index in [0.29, 0.717) is 68.8 Å². The highest BCUT2D eigenvalue weighted by Gasteiger charge is 2.36. The van der Waals surface area contributed by atoms with E-state index in [-0.39, 0.29) is 18.8 Å². The second kappa shape index (κ2) is 15.4. The van der Waals surface area contributed by atoms with Gasteiger partial charge >= 0.3 is 5.97 Å². The number of carbonyl (C=O) groups is 1. The highest BCUT2D eigenvalue weighted by atomic mass is 79.9. The number of nitrogens with zero attached hydrogens (tertiary/aromatic N) is 2. The van der Waals surface area contributed by atoms with Crippen LogP contribution < -0.4 is 29.1 Å². The number of hydrogen-bond donors (Lipinski definition) is 0. The van der Waals surface area contributed by atoms with Gasteiger partial charge in [-0.1, -0.05) is 53.9 Å². The molecule has 0 fully saturated rings. The predicted octanol–water partition coefficient (Wildman–Crippen LogP) is 8.01. The van der Waals surface area contributed by atoms with Gasteiger partial charge in [-0.3, -0.25) is 9.36 Å². The second-order valence-corrected chi connectivity index (χ2v) is 13.9. The van der Waals surface area contributed by atoms with Crippen LogP contribution in [0, 0.1) is 0 Å². The summed E-state index contributed by atoms with van der Waals surface area (Å²) in [5.74, 6) is 1.08. The molecule has 246 valence electrons. The number of benzene rings is 3. The van der Waals surface area contributed by atoms with E-state index in [0.717, 1.165) is 17.5 Å². The molecule has 1 atom stereocenters. The smallest absolute Gasteiger partial charge is 0.338 e. The largest absolute Gasteiger partial charge is 0.497 e. The molecule has 5 rings (SSSR count). The first-order valence-electron chi connectivity index (χ1n) is 14.6. The van der Waals surface area contributed by atoms with Gasteiger partial charge in [0.1, 0.15) is 29.9 Å². The number of rotatable bonds is 11. The van der Waals surface area contributed by atoms with Crippen LogP contribution in [0.25, 0.3) is 6.08 Å². The minimum atomic E-state index is -0.854. The molecule has 0 aliphatic carbocycles. The second-order valence-electron chi connectivity index (χ2n) is 10.4. The third-order valence-corrected chi connectivity index (χ3v) is 10.1. The van der Waals surface area contributed by atoms with Crippen molar-refractivity contribution < 1.29 is 23.7 Å². The van der Waals surface area contributed by atoms with Crippen LogP contribution in [0.3, 0.4) is 0 Å². The lowest BCUT2D eigenvalue weighted by Gasteiger charge is -2.27. The summed E-state index contributed by atoms with van der Waals surface area (Å²) >= 11 is 20.8. The molecule has 0 N–H and O–H groups in total. The number of thiazole rings is 1. The molecule has 0 radical (unpaired) electrons. The molecule has 1 aliphatic heterocycles. The van der Waals surface area contributed by atoms with Crippen LogP contribution >= 0.6 is 66.4 Å². The first-order chi connectivity index (χ1) is 22.6. The van der Waals surface area contributed by atoms with Crippen LogP contribution in [0.15, 0.2) is 78.5 Å². The molecule has 1 aliphatic rings. The summed E-state index contributed by atoms with van der Waals surface area (Å²) in [6.07, 6.45) is 3.04. The molecule has 0 saturated heterocycles. The van der Waals surface area contributed by atoms with Crippen molar-refractivity contribution in [1.82, 2.24) is 4.57 Å². The molecule has 1 aromatic heterocycles. The van der Waals surface area contributed by atoms with E-state index >= 15 is 0 Å². The van der Waals surface area contributed by atoms with Crippen LogP contribution in [0.4, 0.5) is 0 Å². The summed E-state index contributed by atoms with van der Waals surface area (Å²) in [6, 6.07) is 13.4. The van der Waals surface area contributed by atoms with Crippen molar-refractivity contribution in [3.8, 4) is 17.2 Å². The molecule has 13 heteroatoms. The van der Waals surface area contributed by atoms with Crippen LogP contribution in [-0.2, 0) is 16.1 Å². The highest BCUT2D eigenvalue weighted by Crippen LogP contribution is 2.39. The number of allylic oxidation sites excluding steroid dienone is 1. The van der Waals surface area contributed by atoms with E-state index in [9.17, 15) is 9.59 Å². The maximum atomic E-state index is 14.3. The molecule has 0 spiro atoms. The Bertz CT molecular complexity index is 2040. The Labute approximate surface area is 302 Å². The Morgan fingerprint density at radius 2 is 1.79 bits per heavy atom. The number of methoxy groups -OCH3 is 2. The quantitative estimate of drug-likeness (QED) is 0.143. The van der Waals surface area contributed by atoms with E-state index in [1.807, 2.05) is 25.1 Å². The van der Waals surface area contributed by atoms with Crippen molar-refractivity contribution in [2.75, 3.05) is 20.8 Å². The average Bonchev–Trinajstić information content (AvgIpc) is 3.34. The summed E-state index contributed by atoms with van der Waals surface area (Å²) in [5, 5.41) is 1.05. The van der Waals surface area contributed by atoms with E-state index in [2.05, 4.69) is 31.9 Å². The van der Waals surface area contributed by atoms with Crippen molar-refractivity contribution in [1.29, 1.82) is 0 Å². The highest BCUT2D eigenvalue weighted by molar-refractivity contribution is 9.11. The molecule has 8 nitrogen and oxygen atoms in total. The maximum Gasteiger partial charge on any atom is 0.338 e. The van der Waals surface area contributed by atoms with Gasteiger partial charge in [-0.2, -0.15) is 0 Å². The number of aromatic nitrogens is 1. The molecule has 0 unspecified atom stereocenters. The van der Waals surface area contributed by atoms with Gasteiger partial charge in [-0.25, -0.2) is 9.79 Å². The van der Waals surface area contributed by atoms with Crippen LogP contribution in [-0.4, -0.2) is 31.4 Å². The number of hydrogen-bond acceptors (Lipinski definition) is 8. The lowest BCUT2D eigenvalue weighted by molar-refractivity contribution is -0.139. The Balaban J connectivity index is 1.63. The first kappa shape index (κ1) is 35.2. The molecule has 0 amide bonds. The third-order valence-electron chi connectivity index (χ3n) is 7.33. The van der Waals surface area contributed by atoms with Crippen molar-refractivity contribution >= 4 is 78.4 Å². The summed E-state index contributed by atoms with van der Waals surface area (Å²) in [6.45, 7) is 4.15. The van der Waals surface area contributed by atoms with Crippen molar-refractivity contribution in [2.24, 2.45) is 4.99 Å². The molecule has 4 aromatic rings. The Hall–Kier alpha value is -3.09. The molecular formula is C34H30Br2Cl2N2O6S. The van der Waals surface area contributed by atoms with Crippen LogP contribution in [0.5, 0.6) is 17.2 Å². The zero-order chi connectivity index (χ0) is 33.8. The number of ether oxygens (including phenoxy) is 4. The fourth-order valence-corrected chi connectivity index (χ4v) is 8.14. The lowest BCUT2D eigenvalue weighted by atomic mass is 9.93. The fourth-order valence-electron chi connectivity index (χ4n) is 5.21. The minimum Gasteiger partial charge on any atom is -0.497 e. The fraction of sp³-hybridized carbons (Fsp3) is 0.265. The summed E-state index contributed by atoms with van der Waals surface area (Å²) < 4.78 is 26.1. The number of halogens is 4. The SMILES string of the molecule is CCCC1=C(C(=O)OCC)[C@@H](c2cc(OC)ccc2OC)n2c(s/c(=C\c3cc(Br)c(OCc4ccc(Cl)cc4Cl)c(Br)c3)c2=O)=N1. The van der Waals surface area contributed by atoms with Crippen molar-refractivity contribution in [2.45, 2.75) is 39.3 Å². The van der Waals surface area contributed by atoms with Gasteiger partial charge in [0, 0.05) is 21.2 Å².